The molecule has 0 unspecified atom stereocenters. The Balaban J connectivity index is 1.63. The van der Waals surface area contributed by atoms with Crippen molar-refractivity contribution < 1.29 is 9.72 Å². The molecule has 2 N–H and O–H groups in total. The molecule has 0 fully saturated rings. The van der Waals surface area contributed by atoms with Gasteiger partial charge in [-0.25, -0.2) is 4.98 Å². The average molecular weight is 310 g/mol. The van der Waals surface area contributed by atoms with Crippen molar-refractivity contribution in [2.24, 2.45) is 0 Å². The van der Waals surface area contributed by atoms with Gasteiger partial charge in [0, 0.05) is 30.7 Å². The minimum atomic E-state index is -0.444. The number of nitro benzene ring substituents is 1. The maximum atomic E-state index is 11.9. The van der Waals surface area contributed by atoms with Crippen molar-refractivity contribution in [1.29, 1.82) is 0 Å². The minimum Gasteiger partial charge on any atom is -0.352 e. The summed E-state index contributed by atoms with van der Waals surface area (Å²) < 4.78 is 0. The van der Waals surface area contributed by atoms with Crippen molar-refractivity contribution in [2.75, 3.05) is 6.54 Å². The van der Waals surface area contributed by atoms with E-state index in [1.54, 1.807) is 30.3 Å². The highest BCUT2D eigenvalue weighted by Crippen LogP contribution is 2.18. The number of hydrogen-bond donors (Lipinski definition) is 2. The lowest BCUT2D eigenvalue weighted by atomic mass is 10.2. The van der Waals surface area contributed by atoms with Crippen LogP contribution in [0.5, 0.6) is 0 Å². The first-order chi connectivity index (χ1) is 11.1. The maximum Gasteiger partial charge on any atom is 0.271 e. The van der Waals surface area contributed by atoms with Crippen LogP contribution in [0.2, 0.25) is 0 Å². The molecule has 0 saturated carbocycles. The van der Waals surface area contributed by atoms with E-state index in [0.717, 1.165) is 0 Å². The van der Waals surface area contributed by atoms with Gasteiger partial charge in [-0.15, -0.1) is 0 Å². The van der Waals surface area contributed by atoms with Gasteiger partial charge < -0.3 is 10.3 Å². The van der Waals surface area contributed by atoms with Gasteiger partial charge in [-0.1, -0.05) is 18.2 Å². The Morgan fingerprint density at radius 2 is 2.00 bits per heavy atom. The molecule has 0 saturated heterocycles. The Bertz CT molecular complexity index is 858. The van der Waals surface area contributed by atoms with Crippen LogP contribution < -0.4 is 5.32 Å². The number of imidazole rings is 1. The van der Waals surface area contributed by atoms with E-state index in [9.17, 15) is 14.9 Å². The molecule has 7 nitrogen and oxygen atoms in total. The van der Waals surface area contributed by atoms with Crippen molar-refractivity contribution in [2.45, 2.75) is 6.42 Å². The Morgan fingerprint density at radius 1 is 1.22 bits per heavy atom. The first-order valence-electron chi connectivity index (χ1n) is 7.10. The van der Waals surface area contributed by atoms with Crippen molar-refractivity contribution in [1.82, 2.24) is 15.3 Å². The van der Waals surface area contributed by atoms with Gasteiger partial charge in [-0.05, 0) is 18.2 Å². The number of carbonyl (C=O) groups is 1. The quantitative estimate of drug-likeness (QED) is 0.558. The lowest BCUT2D eigenvalue weighted by Crippen LogP contribution is -2.25. The number of benzene rings is 2. The highest BCUT2D eigenvalue weighted by Gasteiger charge is 2.10. The first kappa shape index (κ1) is 14.7. The number of nitrogens with one attached hydrogen (secondary N) is 2. The number of H-pyrrole nitrogens is 1. The number of rotatable bonds is 5. The summed E-state index contributed by atoms with van der Waals surface area (Å²) in [5.41, 5.74) is 1.90. The van der Waals surface area contributed by atoms with Crippen molar-refractivity contribution in [3.05, 3.63) is 70.0 Å². The summed E-state index contributed by atoms with van der Waals surface area (Å²) in [6.45, 7) is 0.426. The molecular formula is C16H14N4O3. The summed E-state index contributed by atoms with van der Waals surface area (Å²) in [7, 11) is 0. The number of carbonyl (C=O) groups excluding carboxylic acids is 1. The van der Waals surface area contributed by atoms with Crippen LogP contribution in [0.4, 0.5) is 5.69 Å². The topological polar surface area (TPSA) is 101 Å². The van der Waals surface area contributed by atoms with Crippen LogP contribution >= 0.6 is 0 Å². The molecule has 116 valence electrons. The third-order valence-electron chi connectivity index (χ3n) is 3.41. The number of non-ortho nitro benzene ring substituents is 1. The fourth-order valence-electron chi connectivity index (χ4n) is 2.27. The Morgan fingerprint density at radius 3 is 2.74 bits per heavy atom. The molecule has 0 bridgehead atoms. The highest BCUT2D eigenvalue weighted by molar-refractivity contribution is 5.94. The fourth-order valence-corrected chi connectivity index (χ4v) is 2.27. The predicted octanol–water partition coefficient (Wildman–Crippen LogP) is 2.44. The Hall–Kier alpha value is -3.22. The molecule has 0 aliphatic carbocycles. The van der Waals surface area contributed by atoms with Crippen LogP contribution in [-0.4, -0.2) is 27.3 Å². The molecule has 1 heterocycles. The second kappa shape index (κ2) is 6.27. The third kappa shape index (κ3) is 3.34. The molecule has 2 aromatic carbocycles. The summed E-state index contributed by atoms with van der Waals surface area (Å²) in [6.07, 6.45) is 0.515. The first-order valence-corrected chi connectivity index (χ1v) is 7.10. The summed E-state index contributed by atoms with van der Waals surface area (Å²) in [4.78, 5) is 29.6. The fraction of sp³-hybridized carbons (Fsp3) is 0.125. The van der Waals surface area contributed by atoms with Crippen molar-refractivity contribution >= 4 is 22.6 Å². The molecule has 1 aromatic heterocycles. The average Bonchev–Trinajstić information content (AvgIpc) is 2.97. The Kier molecular flexibility index (Phi) is 4.01. The van der Waals surface area contributed by atoms with Gasteiger partial charge in [0.15, 0.2) is 0 Å². The normalized spacial score (nSPS) is 10.6. The molecule has 0 aliphatic heterocycles. The molecule has 7 heteroatoms. The van der Waals surface area contributed by atoms with E-state index in [-0.39, 0.29) is 11.6 Å². The number of fused-ring (bicyclic) bond motifs is 1. The second-order valence-corrected chi connectivity index (χ2v) is 5.01. The van der Waals surface area contributed by atoms with E-state index in [1.807, 2.05) is 6.07 Å². The zero-order chi connectivity index (χ0) is 16.2. The van der Waals surface area contributed by atoms with E-state index in [0.29, 0.717) is 35.4 Å². The van der Waals surface area contributed by atoms with Crippen molar-refractivity contribution in [3.8, 4) is 0 Å². The number of amides is 1. The van der Waals surface area contributed by atoms with Crippen molar-refractivity contribution in [3.63, 3.8) is 0 Å². The monoisotopic (exact) mass is 310 g/mol. The largest absolute Gasteiger partial charge is 0.352 e. The van der Waals surface area contributed by atoms with Gasteiger partial charge in [-0.2, -0.15) is 0 Å². The molecule has 23 heavy (non-hydrogen) atoms. The zero-order valence-electron chi connectivity index (χ0n) is 12.2. The summed E-state index contributed by atoms with van der Waals surface area (Å²) in [5, 5.41) is 13.6. The van der Waals surface area contributed by atoms with Crippen LogP contribution in [0, 0.1) is 10.1 Å². The molecule has 0 aliphatic rings. The smallest absolute Gasteiger partial charge is 0.271 e. The summed E-state index contributed by atoms with van der Waals surface area (Å²) >= 11 is 0. The minimum absolute atomic E-state index is 0.0186. The van der Waals surface area contributed by atoms with E-state index in [4.69, 9.17) is 0 Å². The maximum absolute atomic E-state index is 11.9. The standard InChI is InChI=1S/C16H14N4O3/c21-16(11-4-2-1-3-5-11)17-9-8-15-18-13-7-6-12(20(22)23)10-14(13)19-15/h1-7,10H,8-9H2,(H,17,21)(H,18,19). The molecular weight excluding hydrogens is 296 g/mol. The lowest BCUT2D eigenvalue weighted by Gasteiger charge is -2.03. The third-order valence-corrected chi connectivity index (χ3v) is 3.41. The second-order valence-electron chi connectivity index (χ2n) is 5.01. The van der Waals surface area contributed by atoms with Gasteiger partial charge in [0.1, 0.15) is 5.82 Å². The number of aromatic amines is 1. The lowest BCUT2D eigenvalue weighted by molar-refractivity contribution is -0.384. The van der Waals surface area contributed by atoms with E-state index < -0.39 is 4.92 Å². The van der Waals surface area contributed by atoms with E-state index >= 15 is 0 Å². The van der Waals surface area contributed by atoms with Gasteiger partial charge in [-0.3, -0.25) is 14.9 Å². The van der Waals surface area contributed by atoms with Gasteiger partial charge in [0.05, 0.1) is 16.0 Å². The highest BCUT2D eigenvalue weighted by atomic mass is 16.6. The zero-order valence-corrected chi connectivity index (χ0v) is 12.2. The number of nitro groups is 1. The van der Waals surface area contributed by atoms with Crippen LogP contribution in [0.15, 0.2) is 48.5 Å². The molecule has 0 atom stereocenters. The van der Waals surface area contributed by atoms with Crippen LogP contribution in [0.25, 0.3) is 11.0 Å². The van der Waals surface area contributed by atoms with Crippen LogP contribution in [-0.2, 0) is 6.42 Å². The van der Waals surface area contributed by atoms with Gasteiger partial charge >= 0.3 is 0 Å². The predicted molar refractivity (Wildman–Crippen MR) is 85.2 cm³/mol. The van der Waals surface area contributed by atoms with Crippen LogP contribution in [0.1, 0.15) is 16.2 Å². The van der Waals surface area contributed by atoms with E-state index in [2.05, 4.69) is 15.3 Å². The summed E-state index contributed by atoms with van der Waals surface area (Å²) in [5.74, 6) is 0.534. The number of aromatic nitrogens is 2. The molecule has 3 aromatic rings. The summed E-state index contributed by atoms with van der Waals surface area (Å²) in [6, 6.07) is 13.4. The molecule has 0 spiro atoms. The number of hydrogen-bond acceptors (Lipinski definition) is 4. The van der Waals surface area contributed by atoms with Crippen LogP contribution in [0.3, 0.4) is 0 Å². The van der Waals surface area contributed by atoms with E-state index in [1.165, 1.54) is 12.1 Å². The van der Waals surface area contributed by atoms with Gasteiger partial charge in [0.2, 0.25) is 0 Å². The van der Waals surface area contributed by atoms with Gasteiger partial charge in [0.25, 0.3) is 11.6 Å². The molecule has 3 rings (SSSR count). The molecule has 1 amide bonds. The SMILES string of the molecule is O=C(NCCc1nc2ccc([N+](=O)[O-])cc2[nH]1)c1ccccc1. The number of nitrogens with zero attached hydrogens (tertiary/aromatic N) is 2. The Labute approximate surface area is 131 Å². The molecule has 0 radical (unpaired) electrons.